The minimum Gasteiger partial charge on any atom is -0.334 e. The molecule has 0 saturated heterocycles. The maximum absolute atomic E-state index is 11.1. The molecule has 1 aromatic carbocycles. The maximum atomic E-state index is 11.1. The first-order valence-corrected chi connectivity index (χ1v) is 4.72. The van der Waals surface area contributed by atoms with Crippen molar-refractivity contribution in [1.82, 2.24) is 0 Å². The summed E-state index contributed by atoms with van der Waals surface area (Å²) in [7, 11) is -4.03. The van der Waals surface area contributed by atoms with Crippen LogP contribution in [0.1, 0.15) is 0 Å². The van der Waals surface area contributed by atoms with Gasteiger partial charge in [-0.05, 0) is 12.1 Å². The van der Waals surface area contributed by atoms with E-state index in [1.54, 1.807) is 6.07 Å². The Hall–Kier alpha value is -1.21. The monoisotopic (exact) mass is 235 g/mol. The smallest absolute Gasteiger partial charge is 0.334 e. The van der Waals surface area contributed by atoms with E-state index in [-0.39, 0.29) is 18.4 Å². The van der Waals surface area contributed by atoms with E-state index in [1.807, 2.05) is 0 Å². The number of hydrogen-bond acceptors (Lipinski definition) is 4. The molecule has 0 heterocycles. The molecule has 1 amide bonds. The summed E-state index contributed by atoms with van der Waals surface area (Å²) in [6, 6.07) is 7.27. The Morgan fingerprint density at radius 2 is 1.71 bits per heavy atom. The fourth-order valence-corrected chi connectivity index (χ4v) is 1.55. The Morgan fingerprint density at radius 3 is 2.14 bits per heavy atom. The third kappa shape index (κ3) is 3.27. The SMILES string of the molecule is NC(=O)OS(=O)(=O)c1ccccc1.S. The van der Waals surface area contributed by atoms with Crippen molar-refractivity contribution in [3.05, 3.63) is 30.3 Å². The van der Waals surface area contributed by atoms with Crippen molar-refractivity contribution in [2.75, 3.05) is 0 Å². The van der Waals surface area contributed by atoms with Crippen LogP contribution in [0.4, 0.5) is 4.79 Å². The minimum absolute atomic E-state index is 0. The molecule has 0 aromatic heterocycles. The van der Waals surface area contributed by atoms with Crippen LogP contribution in [-0.4, -0.2) is 14.5 Å². The normalized spacial score (nSPS) is 10.0. The van der Waals surface area contributed by atoms with Crippen molar-refractivity contribution in [2.45, 2.75) is 4.90 Å². The van der Waals surface area contributed by atoms with Crippen LogP contribution in [0.3, 0.4) is 0 Å². The van der Waals surface area contributed by atoms with E-state index in [1.165, 1.54) is 24.3 Å². The molecule has 0 aliphatic heterocycles. The molecule has 0 atom stereocenters. The Morgan fingerprint density at radius 1 is 1.21 bits per heavy atom. The van der Waals surface area contributed by atoms with Crippen molar-refractivity contribution in [3.63, 3.8) is 0 Å². The van der Waals surface area contributed by atoms with Crippen LogP contribution in [-0.2, 0) is 14.3 Å². The molecule has 78 valence electrons. The highest BCUT2D eigenvalue weighted by atomic mass is 32.2. The van der Waals surface area contributed by atoms with Crippen molar-refractivity contribution >= 4 is 29.7 Å². The van der Waals surface area contributed by atoms with Gasteiger partial charge in [-0.25, -0.2) is 4.79 Å². The van der Waals surface area contributed by atoms with Gasteiger partial charge >= 0.3 is 16.2 Å². The first-order valence-electron chi connectivity index (χ1n) is 3.31. The number of nitrogens with two attached hydrogens (primary N) is 1. The largest absolute Gasteiger partial charge is 0.420 e. The van der Waals surface area contributed by atoms with Crippen LogP contribution in [0.25, 0.3) is 0 Å². The lowest BCUT2D eigenvalue weighted by molar-refractivity contribution is 0.212. The van der Waals surface area contributed by atoms with Crippen molar-refractivity contribution in [3.8, 4) is 0 Å². The van der Waals surface area contributed by atoms with Crippen LogP contribution < -0.4 is 5.73 Å². The van der Waals surface area contributed by atoms with E-state index < -0.39 is 16.2 Å². The molecule has 5 nitrogen and oxygen atoms in total. The van der Waals surface area contributed by atoms with Crippen LogP contribution >= 0.6 is 13.5 Å². The van der Waals surface area contributed by atoms with E-state index in [4.69, 9.17) is 0 Å². The topological polar surface area (TPSA) is 86.5 Å². The molecular weight excluding hydrogens is 226 g/mol. The number of primary amides is 1. The molecular formula is C7H9NO4S2. The number of carbonyl (C=O) groups is 1. The second kappa shape index (κ2) is 4.87. The molecule has 1 rings (SSSR count). The fraction of sp³-hybridized carbons (Fsp3) is 0. The lowest BCUT2D eigenvalue weighted by Gasteiger charge is -2.01. The van der Waals surface area contributed by atoms with Gasteiger partial charge in [-0.3, -0.25) is 0 Å². The molecule has 0 fully saturated rings. The Bertz CT molecular complexity index is 401. The molecule has 0 saturated carbocycles. The van der Waals surface area contributed by atoms with E-state index in [0.717, 1.165) is 0 Å². The third-order valence-corrected chi connectivity index (χ3v) is 2.46. The summed E-state index contributed by atoms with van der Waals surface area (Å²) < 4.78 is 26.2. The molecule has 7 heteroatoms. The molecule has 0 aliphatic rings. The van der Waals surface area contributed by atoms with Gasteiger partial charge in [0.05, 0.1) is 0 Å². The highest BCUT2D eigenvalue weighted by Gasteiger charge is 2.17. The number of carbonyl (C=O) groups excluding carboxylic acids is 1. The van der Waals surface area contributed by atoms with Gasteiger partial charge in [-0.1, -0.05) is 18.2 Å². The quantitative estimate of drug-likeness (QED) is 0.760. The standard InChI is InChI=1S/C7H7NO4S.H2S/c8-7(9)12-13(10,11)6-4-2-1-3-5-6;/h1-5H,(H2,8,9);1H2. The third-order valence-electron chi connectivity index (χ3n) is 1.22. The van der Waals surface area contributed by atoms with E-state index in [2.05, 4.69) is 9.92 Å². The zero-order valence-corrected chi connectivity index (χ0v) is 8.82. The van der Waals surface area contributed by atoms with Crippen LogP contribution in [0.2, 0.25) is 0 Å². The van der Waals surface area contributed by atoms with Gasteiger partial charge < -0.3 is 9.92 Å². The summed E-state index contributed by atoms with van der Waals surface area (Å²) in [5, 5.41) is 0. The van der Waals surface area contributed by atoms with Gasteiger partial charge in [0.15, 0.2) is 0 Å². The van der Waals surface area contributed by atoms with Gasteiger partial charge in [0.25, 0.3) is 0 Å². The van der Waals surface area contributed by atoms with E-state index in [9.17, 15) is 13.2 Å². The average molecular weight is 235 g/mol. The van der Waals surface area contributed by atoms with Crippen molar-refractivity contribution in [2.24, 2.45) is 5.73 Å². The van der Waals surface area contributed by atoms with Crippen LogP contribution in [0.5, 0.6) is 0 Å². The van der Waals surface area contributed by atoms with Crippen LogP contribution in [0.15, 0.2) is 35.2 Å². The second-order valence-corrected chi connectivity index (χ2v) is 3.72. The number of amides is 1. The van der Waals surface area contributed by atoms with Gasteiger partial charge in [-0.15, -0.1) is 0 Å². The molecule has 0 radical (unpaired) electrons. The summed E-state index contributed by atoms with van der Waals surface area (Å²) in [6.07, 6.45) is -1.34. The fourth-order valence-electron chi connectivity index (χ4n) is 0.743. The van der Waals surface area contributed by atoms with Crippen molar-refractivity contribution < 1.29 is 17.4 Å². The second-order valence-electron chi connectivity index (χ2n) is 2.17. The molecule has 2 N–H and O–H groups in total. The molecule has 1 aromatic rings. The zero-order valence-electron chi connectivity index (χ0n) is 7.01. The number of rotatable bonds is 2. The highest BCUT2D eigenvalue weighted by molar-refractivity contribution is 7.87. The summed E-state index contributed by atoms with van der Waals surface area (Å²) >= 11 is 0. The highest BCUT2D eigenvalue weighted by Crippen LogP contribution is 2.10. The Labute approximate surface area is 88.4 Å². The Kier molecular flexibility index (Phi) is 4.45. The maximum Gasteiger partial charge on any atom is 0.420 e. The van der Waals surface area contributed by atoms with Crippen molar-refractivity contribution in [1.29, 1.82) is 0 Å². The summed E-state index contributed by atoms with van der Waals surface area (Å²) in [4.78, 5) is 10.1. The van der Waals surface area contributed by atoms with Crippen LogP contribution in [0, 0.1) is 0 Å². The lowest BCUT2D eigenvalue weighted by Crippen LogP contribution is -2.18. The molecule has 0 unspecified atom stereocenters. The van der Waals surface area contributed by atoms with Gasteiger partial charge in [0, 0.05) is 0 Å². The average Bonchev–Trinajstić information content (AvgIpc) is 2.04. The predicted octanol–water partition coefficient (Wildman–Crippen LogP) is 0.583. The lowest BCUT2D eigenvalue weighted by atomic mass is 10.4. The number of benzene rings is 1. The van der Waals surface area contributed by atoms with E-state index in [0.29, 0.717) is 0 Å². The summed E-state index contributed by atoms with van der Waals surface area (Å²) in [5.41, 5.74) is 4.58. The molecule has 14 heavy (non-hydrogen) atoms. The summed E-state index contributed by atoms with van der Waals surface area (Å²) in [6.45, 7) is 0. The molecule has 0 spiro atoms. The molecule has 0 aliphatic carbocycles. The first-order chi connectivity index (χ1) is 6.02. The predicted molar refractivity (Wildman–Crippen MR) is 54.7 cm³/mol. The van der Waals surface area contributed by atoms with Gasteiger partial charge in [0.2, 0.25) is 0 Å². The van der Waals surface area contributed by atoms with Gasteiger partial charge in [0.1, 0.15) is 4.90 Å². The van der Waals surface area contributed by atoms with E-state index >= 15 is 0 Å². The first kappa shape index (κ1) is 12.8. The number of hydrogen-bond donors (Lipinski definition) is 1. The molecule has 0 bridgehead atoms. The zero-order chi connectivity index (χ0) is 9.90. The summed E-state index contributed by atoms with van der Waals surface area (Å²) in [5.74, 6) is 0. The van der Waals surface area contributed by atoms with Gasteiger partial charge in [-0.2, -0.15) is 21.9 Å². The Balaban J connectivity index is 0.00000169. The minimum atomic E-state index is -4.03.